The number of ether oxygens (including phenoxy) is 1. The maximum atomic E-state index is 12.7. The van der Waals surface area contributed by atoms with Crippen molar-refractivity contribution < 1.29 is 9.13 Å². The second kappa shape index (κ2) is 5.83. The molecule has 2 rings (SSSR count). The largest absolute Gasteiger partial charge is 0.388 e. The van der Waals surface area contributed by atoms with Crippen LogP contribution in [0.3, 0.4) is 0 Å². The number of halogens is 1. The molecular weight excluding hydrogens is 229 g/mol. The van der Waals surface area contributed by atoms with Gasteiger partial charge in [0.15, 0.2) is 0 Å². The fourth-order valence-corrected chi connectivity index (χ4v) is 2.03. The Kier molecular flexibility index (Phi) is 4.15. The van der Waals surface area contributed by atoms with E-state index in [1.807, 2.05) is 7.05 Å². The molecule has 0 heterocycles. The Balaban J connectivity index is 1.89. The summed E-state index contributed by atoms with van der Waals surface area (Å²) in [4.78, 5) is 0. The topological polar surface area (TPSA) is 21.3 Å². The van der Waals surface area contributed by atoms with Gasteiger partial charge in [-0.1, -0.05) is 24.3 Å². The zero-order valence-electron chi connectivity index (χ0n) is 10.7. The van der Waals surface area contributed by atoms with Crippen molar-refractivity contribution >= 4 is 0 Å². The van der Waals surface area contributed by atoms with Crippen LogP contribution in [0.5, 0.6) is 0 Å². The summed E-state index contributed by atoms with van der Waals surface area (Å²) in [6, 6.07) is 6.42. The molecular formula is C15H18FNO. The van der Waals surface area contributed by atoms with E-state index in [1.165, 1.54) is 17.7 Å². The summed E-state index contributed by atoms with van der Waals surface area (Å²) < 4.78 is 18.6. The highest BCUT2D eigenvalue weighted by molar-refractivity contribution is 5.32. The first-order chi connectivity index (χ1) is 8.69. The van der Waals surface area contributed by atoms with Crippen LogP contribution in [0.25, 0.3) is 0 Å². The van der Waals surface area contributed by atoms with Crippen molar-refractivity contribution in [2.24, 2.45) is 0 Å². The molecule has 18 heavy (non-hydrogen) atoms. The maximum Gasteiger partial charge on any atom is 0.123 e. The number of hydrogen-bond acceptors (Lipinski definition) is 2. The minimum absolute atomic E-state index is 0.104. The molecule has 1 atom stereocenters. The van der Waals surface area contributed by atoms with Gasteiger partial charge in [0.1, 0.15) is 5.82 Å². The zero-order chi connectivity index (χ0) is 13.0. The molecule has 1 aliphatic rings. The molecule has 0 aromatic heterocycles. The normalized spacial score (nSPS) is 19.2. The van der Waals surface area contributed by atoms with Crippen molar-refractivity contribution in [2.75, 3.05) is 7.05 Å². The van der Waals surface area contributed by atoms with Crippen molar-refractivity contribution in [1.29, 1.82) is 0 Å². The van der Waals surface area contributed by atoms with Crippen LogP contribution in [0.2, 0.25) is 0 Å². The molecule has 0 fully saturated rings. The molecule has 1 aromatic carbocycles. The Hall–Kier alpha value is -1.61. The summed E-state index contributed by atoms with van der Waals surface area (Å²) in [6.07, 6.45) is 5.24. The van der Waals surface area contributed by atoms with E-state index in [0.29, 0.717) is 6.61 Å². The lowest BCUT2D eigenvalue weighted by Gasteiger charge is -2.20. The van der Waals surface area contributed by atoms with Crippen molar-refractivity contribution in [3.63, 3.8) is 0 Å². The monoisotopic (exact) mass is 247 g/mol. The molecule has 0 aliphatic heterocycles. The van der Waals surface area contributed by atoms with Crippen molar-refractivity contribution in [3.05, 3.63) is 59.1 Å². The summed E-state index contributed by atoms with van der Waals surface area (Å²) in [7, 11) is 1.92. The molecule has 0 saturated carbocycles. The predicted octanol–water partition coefficient (Wildman–Crippen LogP) is 3.16. The fourth-order valence-electron chi connectivity index (χ4n) is 2.03. The second-order valence-electron chi connectivity index (χ2n) is 4.43. The molecule has 0 saturated heterocycles. The molecule has 1 N–H and O–H groups in total. The lowest BCUT2D eigenvalue weighted by atomic mass is 10.0. The molecule has 2 nitrogen and oxygen atoms in total. The second-order valence-corrected chi connectivity index (χ2v) is 4.43. The molecule has 1 aromatic rings. The third-order valence-electron chi connectivity index (χ3n) is 3.06. The van der Waals surface area contributed by atoms with Gasteiger partial charge in [-0.2, -0.15) is 0 Å². The van der Waals surface area contributed by atoms with Crippen molar-refractivity contribution in [3.8, 4) is 0 Å². The van der Waals surface area contributed by atoms with Gasteiger partial charge in [0.2, 0.25) is 0 Å². The number of hydrogen-bond donors (Lipinski definition) is 1. The van der Waals surface area contributed by atoms with Gasteiger partial charge in [0.25, 0.3) is 0 Å². The SMILES string of the molecule is CNC1=CCC(OCc2ccc(F)cc2)C=C1C. The first-order valence-electron chi connectivity index (χ1n) is 6.12. The Morgan fingerprint density at radius 1 is 1.33 bits per heavy atom. The van der Waals surface area contributed by atoms with E-state index in [0.717, 1.165) is 17.7 Å². The van der Waals surface area contributed by atoms with Crippen LogP contribution in [-0.4, -0.2) is 13.2 Å². The molecule has 0 radical (unpaired) electrons. The van der Waals surface area contributed by atoms with E-state index in [-0.39, 0.29) is 11.9 Å². The molecule has 1 unspecified atom stereocenters. The third kappa shape index (κ3) is 3.20. The van der Waals surface area contributed by atoms with Crippen LogP contribution in [-0.2, 0) is 11.3 Å². The van der Waals surface area contributed by atoms with Crippen LogP contribution >= 0.6 is 0 Å². The average Bonchev–Trinajstić information content (AvgIpc) is 2.38. The minimum atomic E-state index is -0.214. The van der Waals surface area contributed by atoms with E-state index >= 15 is 0 Å². The van der Waals surface area contributed by atoms with E-state index < -0.39 is 0 Å². The Morgan fingerprint density at radius 2 is 2.06 bits per heavy atom. The lowest BCUT2D eigenvalue weighted by Crippen LogP contribution is -2.18. The summed E-state index contributed by atoms with van der Waals surface area (Å²) in [5, 5.41) is 3.15. The van der Waals surface area contributed by atoms with Crippen molar-refractivity contribution in [2.45, 2.75) is 26.1 Å². The summed E-state index contributed by atoms with van der Waals surface area (Å²) in [5.41, 5.74) is 3.36. The summed E-state index contributed by atoms with van der Waals surface area (Å²) in [6.45, 7) is 2.58. The Morgan fingerprint density at radius 3 is 2.67 bits per heavy atom. The van der Waals surface area contributed by atoms with Crippen molar-refractivity contribution in [1.82, 2.24) is 5.32 Å². The number of likely N-dealkylation sites (N-methyl/N-ethyl adjacent to an activating group) is 1. The van der Waals surface area contributed by atoms with Crippen LogP contribution < -0.4 is 5.32 Å². The number of benzene rings is 1. The molecule has 0 amide bonds. The van der Waals surface area contributed by atoms with Gasteiger partial charge < -0.3 is 10.1 Å². The molecule has 0 bridgehead atoms. The highest BCUT2D eigenvalue weighted by Crippen LogP contribution is 2.19. The highest BCUT2D eigenvalue weighted by atomic mass is 19.1. The van der Waals surface area contributed by atoms with Gasteiger partial charge in [-0.15, -0.1) is 0 Å². The fraction of sp³-hybridized carbons (Fsp3) is 0.333. The first kappa shape index (κ1) is 12.8. The van der Waals surface area contributed by atoms with Crippen LogP contribution in [0.15, 0.2) is 47.7 Å². The van der Waals surface area contributed by atoms with Gasteiger partial charge >= 0.3 is 0 Å². The van der Waals surface area contributed by atoms with Crippen LogP contribution in [0.4, 0.5) is 4.39 Å². The van der Waals surface area contributed by atoms with Gasteiger partial charge in [-0.05, 0) is 36.6 Å². The highest BCUT2D eigenvalue weighted by Gasteiger charge is 2.12. The van der Waals surface area contributed by atoms with E-state index in [1.54, 1.807) is 12.1 Å². The first-order valence-corrected chi connectivity index (χ1v) is 6.12. The smallest absolute Gasteiger partial charge is 0.123 e. The number of rotatable bonds is 4. The molecule has 3 heteroatoms. The van der Waals surface area contributed by atoms with Crippen LogP contribution in [0.1, 0.15) is 18.9 Å². The maximum absolute atomic E-state index is 12.7. The number of allylic oxidation sites excluding steroid dienone is 1. The van der Waals surface area contributed by atoms with Crippen LogP contribution in [0, 0.1) is 5.82 Å². The Bertz CT molecular complexity index is 462. The van der Waals surface area contributed by atoms with Gasteiger partial charge in [-0.25, -0.2) is 4.39 Å². The standard InChI is InChI=1S/C15H18FNO/c1-11-9-14(7-8-15(11)17-2)18-10-12-3-5-13(16)6-4-12/h3-6,8-9,14,17H,7,10H2,1-2H3. The summed E-state index contributed by atoms with van der Waals surface area (Å²) in [5.74, 6) is -0.214. The van der Waals surface area contributed by atoms with Gasteiger partial charge in [0.05, 0.1) is 12.7 Å². The third-order valence-corrected chi connectivity index (χ3v) is 3.06. The summed E-state index contributed by atoms with van der Waals surface area (Å²) >= 11 is 0. The van der Waals surface area contributed by atoms with E-state index in [2.05, 4.69) is 24.4 Å². The minimum Gasteiger partial charge on any atom is -0.388 e. The van der Waals surface area contributed by atoms with Gasteiger partial charge in [0, 0.05) is 12.7 Å². The Labute approximate surface area is 107 Å². The zero-order valence-corrected chi connectivity index (χ0v) is 10.7. The van der Waals surface area contributed by atoms with E-state index in [4.69, 9.17) is 4.74 Å². The predicted molar refractivity (Wildman–Crippen MR) is 70.5 cm³/mol. The molecule has 0 spiro atoms. The lowest BCUT2D eigenvalue weighted by molar-refractivity contribution is 0.0724. The molecule has 96 valence electrons. The van der Waals surface area contributed by atoms with Gasteiger partial charge in [-0.3, -0.25) is 0 Å². The number of nitrogens with one attached hydrogen (secondary N) is 1. The van der Waals surface area contributed by atoms with E-state index in [9.17, 15) is 4.39 Å². The quantitative estimate of drug-likeness (QED) is 0.882. The molecule has 1 aliphatic carbocycles. The average molecular weight is 247 g/mol.